The van der Waals surface area contributed by atoms with Gasteiger partial charge in [-0.2, -0.15) is 13.2 Å². The zero-order valence-electron chi connectivity index (χ0n) is 22.7. The van der Waals surface area contributed by atoms with Crippen molar-refractivity contribution in [3.8, 4) is 17.2 Å². The summed E-state index contributed by atoms with van der Waals surface area (Å²) in [5.41, 5.74) is 2.07. The van der Waals surface area contributed by atoms with Gasteiger partial charge in [0.2, 0.25) is 0 Å². The van der Waals surface area contributed by atoms with Gasteiger partial charge in [0.05, 0.1) is 40.4 Å². The molecule has 2 heterocycles. The molecular formula is C31H28F3N3O4. The molecule has 10 heteroatoms. The Balaban J connectivity index is 1.35. The molecule has 1 unspecified atom stereocenters. The van der Waals surface area contributed by atoms with Crippen molar-refractivity contribution in [2.45, 2.75) is 38.9 Å². The van der Waals surface area contributed by atoms with E-state index in [1.54, 1.807) is 42.6 Å². The third-order valence-corrected chi connectivity index (χ3v) is 7.04. The molecule has 5 rings (SSSR count). The zero-order chi connectivity index (χ0) is 29.3. The van der Waals surface area contributed by atoms with Crippen LogP contribution < -0.4 is 14.8 Å². The first kappa shape index (κ1) is 27.9. The Morgan fingerprint density at radius 3 is 2.37 bits per heavy atom. The van der Waals surface area contributed by atoms with Crippen molar-refractivity contribution in [3.63, 3.8) is 0 Å². The van der Waals surface area contributed by atoms with Crippen molar-refractivity contribution in [1.82, 2.24) is 9.88 Å². The summed E-state index contributed by atoms with van der Waals surface area (Å²) in [5, 5.41) is 4.04. The summed E-state index contributed by atoms with van der Waals surface area (Å²) in [7, 11) is 1.46. The molecule has 1 aliphatic rings. The monoisotopic (exact) mass is 563 g/mol. The number of pyridine rings is 1. The Bertz CT molecular complexity index is 1600. The molecule has 212 valence electrons. The Kier molecular flexibility index (Phi) is 7.57. The van der Waals surface area contributed by atoms with E-state index in [0.717, 1.165) is 17.7 Å². The molecule has 0 saturated heterocycles. The van der Waals surface area contributed by atoms with Crippen molar-refractivity contribution in [2.75, 3.05) is 19.0 Å². The molecular weight excluding hydrogens is 535 g/mol. The summed E-state index contributed by atoms with van der Waals surface area (Å²) in [5.74, 6) is 0.0452. The number of rotatable bonds is 9. The molecule has 1 aliphatic heterocycles. The zero-order valence-corrected chi connectivity index (χ0v) is 22.7. The first-order chi connectivity index (χ1) is 19.6. The minimum atomic E-state index is -4.51. The number of alkyl halides is 3. The number of aromatic nitrogens is 1. The highest BCUT2D eigenvalue weighted by molar-refractivity contribution is 6.21. The van der Waals surface area contributed by atoms with Crippen molar-refractivity contribution in [1.29, 1.82) is 0 Å². The largest absolute Gasteiger partial charge is 0.493 e. The number of nitrogens with one attached hydrogen (secondary N) is 1. The number of hydrogen-bond donors (Lipinski definition) is 1. The Morgan fingerprint density at radius 2 is 1.71 bits per heavy atom. The molecule has 0 bridgehead atoms. The van der Waals surface area contributed by atoms with Crippen molar-refractivity contribution in [2.24, 2.45) is 0 Å². The first-order valence-electron chi connectivity index (χ1n) is 13.1. The smallest absolute Gasteiger partial charge is 0.416 e. The number of nitrogens with zero attached hydrogens (tertiary/aromatic N) is 2. The van der Waals surface area contributed by atoms with Crippen LogP contribution in [0.5, 0.6) is 17.2 Å². The van der Waals surface area contributed by atoms with E-state index in [1.165, 1.54) is 24.1 Å². The molecule has 1 N–H and O–H groups in total. The number of amides is 2. The van der Waals surface area contributed by atoms with Gasteiger partial charge in [-0.1, -0.05) is 18.2 Å². The number of anilines is 1. The van der Waals surface area contributed by atoms with Crippen LogP contribution in [0.25, 0.3) is 10.9 Å². The van der Waals surface area contributed by atoms with Crippen LogP contribution in [0.1, 0.15) is 51.6 Å². The van der Waals surface area contributed by atoms with Gasteiger partial charge in [-0.3, -0.25) is 19.5 Å². The quantitative estimate of drug-likeness (QED) is 0.216. The van der Waals surface area contributed by atoms with E-state index in [0.29, 0.717) is 52.9 Å². The van der Waals surface area contributed by atoms with Crippen LogP contribution in [-0.2, 0) is 6.18 Å². The summed E-state index contributed by atoms with van der Waals surface area (Å²) >= 11 is 0. The van der Waals surface area contributed by atoms with Crippen LogP contribution in [-0.4, -0.2) is 41.4 Å². The molecule has 2 amide bonds. The first-order valence-corrected chi connectivity index (χ1v) is 13.1. The highest BCUT2D eigenvalue weighted by atomic mass is 19.4. The SMILES string of the molecule is COc1cc(NC(C)CCCN2C(=O)c3ccccc3C2=O)c2nccc(C)c2c1Oc1cccc(C(F)(F)F)c1. The fraction of sp³-hybridized carbons (Fsp3) is 0.258. The van der Waals surface area contributed by atoms with Gasteiger partial charge in [0.1, 0.15) is 5.75 Å². The maximum atomic E-state index is 13.3. The molecule has 7 nitrogen and oxygen atoms in total. The van der Waals surface area contributed by atoms with Crippen molar-refractivity contribution >= 4 is 28.4 Å². The number of carbonyl (C=O) groups excluding carboxylic acids is 2. The summed E-state index contributed by atoms with van der Waals surface area (Å²) in [6.07, 6.45) is -1.63. The number of benzene rings is 3. The third kappa shape index (κ3) is 5.54. The van der Waals surface area contributed by atoms with Gasteiger partial charge in [-0.15, -0.1) is 0 Å². The maximum absolute atomic E-state index is 13.3. The molecule has 1 atom stereocenters. The number of fused-ring (bicyclic) bond motifs is 2. The van der Waals surface area contributed by atoms with Gasteiger partial charge in [0.25, 0.3) is 11.8 Å². The maximum Gasteiger partial charge on any atom is 0.416 e. The number of hydrogen-bond acceptors (Lipinski definition) is 6. The van der Waals surface area contributed by atoms with Gasteiger partial charge >= 0.3 is 6.18 Å². The van der Waals surface area contributed by atoms with Gasteiger partial charge < -0.3 is 14.8 Å². The van der Waals surface area contributed by atoms with E-state index < -0.39 is 11.7 Å². The molecule has 41 heavy (non-hydrogen) atoms. The number of imide groups is 1. The molecule has 1 aromatic heterocycles. The predicted octanol–water partition coefficient (Wildman–Crippen LogP) is 7.24. The van der Waals surface area contributed by atoms with E-state index in [9.17, 15) is 22.8 Å². The van der Waals surface area contributed by atoms with Crippen LogP contribution in [0, 0.1) is 6.92 Å². The molecule has 0 aliphatic carbocycles. The lowest BCUT2D eigenvalue weighted by atomic mass is 10.1. The average molecular weight is 564 g/mol. The van der Waals surface area contributed by atoms with Crippen LogP contribution in [0.15, 0.2) is 66.9 Å². The second kappa shape index (κ2) is 11.1. The van der Waals surface area contributed by atoms with Crippen molar-refractivity contribution < 1.29 is 32.2 Å². The normalized spacial score (nSPS) is 13.9. The van der Waals surface area contributed by atoms with Crippen LogP contribution in [0.2, 0.25) is 0 Å². The van der Waals surface area contributed by atoms with Crippen LogP contribution in [0.4, 0.5) is 18.9 Å². The molecule has 4 aromatic rings. The average Bonchev–Trinajstić information content (AvgIpc) is 3.19. The second-order valence-corrected chi connectivity index (χ2v) is 9.93. The summed E-state index contributed by atoms with van der Waals surface area (Å²) in [6, 6.07) is 14.9. The molecule has 0 fully saturated rings. The Morgan fingerprint density at radius 1 is 1.00 bits per heavy atom. The second-order valence-electron chi connectivity index (χ2n) is 9.93. The van der Waals surface area contributed by atoms with Gasteiger partial charge in [0, 0.05) is 24.8 Å². The van der Waals surface area contributed by atoms with E-state index in [-0.39, 0.29) is 29.4 Å². The number of halogens is 3. The standard InChI is InChI=1S/C31H28F3N3O4/c1-18-13-14-35-27-24(36-19(2)8-7-15-37-29(38)22-11-4-5-12-23(22)30(37)39)17-25(40-3)28(26(18)27)41-21-10-6-9-20(16-21)31(32,33)34/h4-6,9-14,16-17,19,36H,7-8,15H2,1-3H3. The lowest BCUT2D eigenvalue weighted by Gasteiger charge is -2.21. The summed E-state index contributed by atoms with van der Waals surface area (Å²) < 4.78 is 51.5. The topological polar surface area (TPSA) is 80.8 Å². The predicted molar refractivity (Wildman–Crippen MR) is 149 cm³/mol. The van der Waals surface area contributed by atoms with E-state index in [2.05, 4.69) is 10.3 Å². The van der Waals surface area contributed by atoms with E-state index in [1.807, 2.05) is 13.8 Å². The Labute approximate surface area is 234 Å². The van der Waals surface area contributed by atoms with Crippen molar-refractivity contribution in [3.05, 3.63) is 89.1 Å². The van der Waals surface area contributed by atoms with E-state index >= 15 is 0 Å². The molecule has 0 spiro atoms. The lowest BCUT2D eigenvalue weighted by Crippen LogP contribution is -2.31. The fourth-order valence-corrected chi connectivity index (χ4v) is 4.99. The van der Waals surface area contributed by atoms with Gasteiger partial charge in [-0.25, -0.2) is 0 Å². The highest BCUT2D eigenvalue weighted by Gasteiger charge is 2.34. The van der Waals surface area contributed by atoms with Gasteiger partial charge in [0.15, 0.2) is 11.5 Å². The van der Waals surface area contributed by atoms with Gasteiger partial charge in [-0.05, 0) is 68.7 Å². The minimum Gasteiger partial charge on any atom is -0.493 e. The molecule has 0 saturated carbocycles. The number of aryl methyl sites for hydroxylation is 1. The van der Waals surface area contributed by atoms with Crippen LogP contribution in [0.3, 0.4) is 0 Å². The number of ether oxygens (including phenoxy) is 2. The molecule has 0 radical (unpaired) electrons. The number of carbonyl (C=O) groups is 2. The third-order valence-electron chi connectivity index (χ3n) is 7.04. The van der Waals surface area contributed by atoms with E-state index in [4.69, 9.17) is 9.47 Å². The fourth-order valence-electron chi connectivity index (χ4n) is 4.99. The minimum absolute atomic E-state index is 0.0184. The Hall–Kier alpha value is -4.60. The van der Waals surface area contributed by atoms with Crippen LogP contribution >= 0.6 is 0 Å². The number of methoxy groups -OCH3 is 1. The lowest BCUT2D eigenvalue weighted by molar-refractivity contribution is -0.137. The summed E-state index contributed by atoms with van der Waals surface area (Å²) in [4.78, 5) is 31.1. The molecule has 3 aromatic carbocycles. The summed E-state index contributed by atoms with van der Waals surface area (Å²) in [6.45, 7) is 4.13. The highest BCUT2D eigenvalue weighted by Crippen LogP contribution is 2.44.